The van der Waals surface area contributed by atoms with Crippen molar-refractivity contribution in [3.8, 4) is 0 Å². The van der Waals surface area contributed by atoms with Gasteiger partial charge in [-0.2, -0.15) is 8.42 Å². The zero-order valence-corrected chi connectivity index (χ0v) is 20.4. The number of hydrogen-bond donors (Lipinski definition) is 2. The Hall–Kier alpha value is 0.740. The fourth-order valence-corrected chi connectivity index (χ4v) is 4.16. The molecule has 0 atom stereocenters. The maximum atomic E-state index is 11.3. The van der Waals surface area contributed by atoms with Gasteiger partial charge in [-0.3, -0.25) is 4.18 Å². The van der Waals surface area contributed by atoms with E-state index < -0.39 is 31.7 Å². The molecule has 0 aromatic heterocycles. The van der Waals surface area contributed by atoms with Gasteiger partial charge in [0.2, 0.25) is 0 Å². The molecule has 0 aliphatic heterocycles. The second-order valence-electron chi connectivity index (χ2n) is 5.97. The number of aliphatic hydroxyl groups is 2. The summed E-state index contributed by atoms with van der Waals surface area (Å²) in [4.78, 5) is 0. The van der Waals surface area contributed by atoms with Gasteiger partial charge in [-0.05, 0) is 6.42 Å². The SMILES string of the molecule is CCCCCCCCCCCCOS(=O)(=O)CCS(=O)(=O)[O-].OCCO.[Na+]. The molecule has 0 aromatic carbocycles. The van der Waals surface area contributed by atoms with Crippen LogP contribution in [0.2, 0.25) is 0 Å². The molecule has 0 radical (unpaired) electrons. The Kier molecular flexibility index (Phi) is 25.7. The van der Waals surface area contributed by atoms with Crippen LogP contribution in [0.25, 0.3) is 0 Å². The zero-order valence-electron chi connectivity index (χ0n) is 16.8. The van der Waals surface area contributed by atoms with Gasteiger partial charge >= 0.3 is 29.6 Å². The number of hydrogen-bond acceptors (Lipinski definition) is 8. The minimum absolute atomic E-state index is 0. The molecular weight excluding hydrogens is 407 g/mol. The van der Waals surface area contributed by atoms with E-state index in [9.17, 15) is 21.4 Å². The largest absolute Gasteiger partial charge is 1.00 e. The van der Waals surface area contributed by atoms with Gasteiger partial charge in [0.25, 0.3) is 10.1 Å². The molecule has 0 aromatic rings. The summed E-state index contributed by atoms with van der Waals surface area (Å²) < 4.78 is 58.4. The fraction of sp³-hybridized carbons (Fsp3) is 1.00. The average Bonchev–Trinajstić information content (AvgIpc) is 2.58. The van der Waals surface area contributed by atoms with Crippen LogP contribution in [0.15, 0.2) is 0 Å². The predicted molar refractivity (Wildman–Crippen MR) is 100 cm³/mol. The first kappa shape index (κ1) is 32.4. The quantitative estimate of drug-likeness (QED) is 0.131. The van der Waals surface area contributed by atoms with Gasteiger partial charge in [0.15, 0.2) is 0 Å². The van der Waals surface area contributed by atoms with Crippen LogP contribution >= 0.6 is 0 Å². The van der Waals surface area contributed by atoms with Crippen molar-refractivity contribution >= 4 is 20.2 Å². The van der Waals surface area contributed by atoms with Crippen molar-refractivity contribution in [2.75, 3.05) is 31.3 Å². The van der Waals surface area contributed by atoms with E-state index in [1.54, 1.807) is 0 Å². The average molecular weight is 443 g/mol. The summed E-state index contributed by atoms with van der Waals surface area (Å²) in [5.74, 6) is -1.70. The van der Waals surface area contributed by atoms with Crippen molar-refractivity contribution in [1.82, 2.24) is 0 Å². The molecular formula is C16H35NaO8S2. The first-order valence-corrected chi connectivity index (χ1v) is 12.4. The molecule has 0 saturated carbocycles. The molecule has 0 fully saturated rings. The molecule has 0 aliphatic rings. The number of unbranched alkanes of at least 4 members (excludes halogenated alkanes) is 9. The first-order valence-electron chi connectivity index (χ1n) is 9.21. The van der Waals surface area contributed by atoms with Gasteiger partial charge in [0.05, 0.1) is 41.4 Å². The minimum atomic E-state index is -4.52. The number of rotatable bonds is 16. The number of aliphatic hydroxyl groups excluding tert-OH is 2. The van der Waals surface area contributed by atoms with E-state index in [0.29, 0.717) is 6.42 Å². The summed E-state index contributed by atoms with van der Waals surface area (Å²) in [5.41, 5.74) is 0. The van der Waals surface area contributed by atoms with E-state index in [2.05, 4.69) is 11.1 Å². The van der Waals surface area contributed by atoms with Crippen LogP contribution < -0.4 is 29.6 Å². The van der Waals surface area contributed by atoms with E-state index in [1.807, 2.05) is 0 Å². The van der Waals surface area contributed by atoms with Gasteiger partial charge < -0.3 is 14.8 Å². The van der Waals surface area contributed by atoms with Crippen LogP contribution in [0.1, 0.15) is 71.1 Å². The Bertz CT molecular complexity index is 493. The molecule has 2 N–H and O–H groups in total. The first-order chi connectivity index (χ1) is 12.2. The third kappa shape index (κ3) is 31.7. The van der Waals surface area contributed by atoms with Crippen LogP contribution in [0.4, 0.5) is 0 Å². The van der Waals surface area contributed by atoms with Crippen molar-refractivity contribution in [2.45, 2.75) is 71.1 Å². The van der Waals surface area contributed by atoms with Gasteiger partial charge in [-0.15, -0.1) is 0 Å². The molecule has 8 nitrogen and oxygen atoms in total. The zero-order chi connectivity index (χ0) is 20.3. The van der Waals surface area contributed by atoms with Crippen molar-refractivity contribution in [2.24, 2.45) is 0 Å². The van der Waals surface area contributed by atoms with E-state index in [0.717, 1.165) is 19.3 Å². The predicted octanol–water partition coefficient (Wildman–Crippen LogP) is -1.23. The van der Waals surface area contributed by atoms with Gasteiger partial charge in [0, 0.05) is 0 Å². The summed E-state index contributed by atoms with van der Waals surface area (Å²) in [6.45, 7) is 2.00. The van der Waals surface area contributed by atoms with Crippen LogP contribution in [0.5, 0.6) is 0 Å². The topological polar surface area (TPSA) is 141 Å². The van der Waals surface area contributed by atoms with Crippen molar-refractivity contribution in [1.29, 1.82) is 0 Å². The normalized spacial score (nSPS) is 11.4. The van der Waals surface area contributed by atoms with Crippen LogP contribution in [0.3, 0.4) is 0 Å². The Morgan fingerprint density at radius 1 is 0.741 bits per heavy atom. The summed E-state index contributed by atoms with van der Waals surface area (Å²) in [6.07, 6.45) is 11.3. The van der Waals surface area contributed by atoms with Crippen molar-refractivity contribution in [3.63, 3.8) is 0 Å². The maximum absolute atomic E-state index is 11.3. The Morgan fingerprint density at radius 2 is 1.15 bits per heavy atom. The monoisotopic (exact) mass is 442 g/mol. The Balaban J connectivity index is -0.00000104. The van der Waals surface area contributed by atoms with Crippen LogP contribution in [0, 0.1) is 0 Å². The Labute approximate surface area is 187 Å². The Morgan fingerprint density at radius 3 is 1.52 bits per heavy atom. The molecule has 11 heteroatoms. The molecule has 0 spiro atoms. The van der Waals surface area contributed by atoms with Gasteiger partial charge in [-0.1, -0.05) is 64.7 Å². The third-order valence-electron chi connectivity index (χ3n) is 3.44. The third-order valence-corrected chi connectivity index (χ3v) is 5.64. The van der Waals surface area contributed by atoms with E-state index in [-0.39, 0.29) is 49.4 Å². The molecule has 0 unspecified atom stereocenters. The summed E-state index contributed by atoms with van der Waals surface area (Å²) >= 11 is 0. The molecule has 160 valence electrons. The molecule has 0 bridgehead atoms. The molecule has 27 heavy (non-hydrogen) atoms. The molecule has 0 rings (SSSR count). The van der Waals surface area contributed by atoms with E-state index >= 15 is 0 Å². The summed E-state index contributed by atoms with van der Waals surface area (Å²) in [7, 11) is -8.42. The van der Waals surface area contributed by atoms with E-state index in [1.165, 1.54) is 38.5 Å². The second kappa shape index (κ2) is 21.4. The summed E-state index contributed by atoms with van der Waals surface area (Å²) in [6, 6.07) is 0. The summed E-state index contributed by atoms with van der Waals surface area (Å²) in [5, 5.41) is 15.2. The van der Waals surface area contributed by atoms with Crippen LogP contribution in [-0.2, 0) is 24.4 Å². The molecule has 0 saturated heterocycles. The van der Waals surface area contributed by atoms with Crippen LogP contribution in [-0.4, -0.2) is 62.9 Å². The molecule has 0 aliphatic carbocycles. The molecule has 0 heterocycles. The fourth-order valence-electron chi connectivity index (χ4n) is 2.04. The van der Waals surface area contributed by atoms with Crippen molar-refractivity contribution < 1.29 is 65.3 Å². The maximum Gasteiger partial charge on any atom is 1.00 e. The van der Waals surface area contributed by atoms with E-state index in [4.69, 9.17) is 10.2 Å². The second-order valence-corrected chi connectivity index (χ2v) is 9.26. The van der Waals surface area contributed by atoms with Crippen molar-refractivity contribution in [3.05, 3.63) is 0 Å². The minimum Gasteiger partial charge on any atom is -0.748 e. The smallest absolute Gasteiger partial charge is 0.748 e. The van der Waals surface area contributed by atoms with Gasteiger partial charge in [-0.25, -0.2) is 8.42 Å². The van der Waals surface area contributed by atoms with Gasteiger partial charge in [0.1, 0.15) is 0 Å². The standard InChI is InChI=1S/C14H30O6S2.C2H6O2.Na/c1-2-3-4-5-6-7-8-9-10-11-12-20-22(18,19)14-13-21(15,16)17;3-1-2-4;/h2-14H2,1H3,(H,15,16,17);3-4H,1-2H2;/q;;+1/p-1. The molecule has 0 amide bonds.